The molecule has 17 heavy (non-hydrogen) atoms. The molecule has 0 spiro atoms. The summed E-state index contributed by atoms with van der Waals surface area (Å²) in [5, 5.41) is 2.81. The smallest absolute Gasteiger partial charge is 0.246 e. The molecule has 4 heteroatoms. The molecule has 1 fully saturated rings. The van der Waals surface area contributed by atoms with Gasteiger partial charge in [0.05, 0.1) is 6.54 Å². The van der Waals surface area contributed by atoms with Crippen LogP contribution in [-0.4, -0.2) is 35.3 Å². The largest absolute Gasteiger partial charge is 0.342 e. The van der Waals surface area contributed by atoms with Gasteiger partial charge in [-0.3, -0.25) is 9.59 Å². The van der Waals surface area contributed by atoms with Crippen molar-refractivity contribution in [2.24, 2.45) is 5.92 Å². The predicted octanol–water partition coefficient (Wildman–Crippen LogP) is 0.771. The highest BCUT2D eigenvalue weighted by atomic mass is 16.2. The number of hydrogen-bond acceptors (Lipinski definition) is 2. The Bertz CT molecular complexity index is 346. The fraction of sp³-hybridized carbons (Fsp3) is 0.692. The molecule has 1 N–H and O–H groups in total. The van der Waals surface area contributed by atoms with Gasteiger partial charge >= 0.3 is 0 Å². The summed E-state index contributed by atoms with van der Waals surface area (Å²) in [6, 6.07) is -0.845. The quantitative estimate of drug-likeness (QED) is 0.733. The highest BCUT2D eigenvalue weighted by Gasteiger charge is 2.40. The summed E-state index contributed by atoms with van der Waals surface area (Å²) < 4.78 is 0. The first-order valence-corrected chi connectivity index (χ1v) is 6.11. The van der Waals surface area contributed by atoms with Gasteiger partial charge in [0.15, 0.2) is 0 Å². The summed E-state index contributed by atoms with van der Waals surface area (Å²) in [5.74, 6) is 2.44. The van der Waals surface area contributed by atoms with E-state index >= 15 is 0 Å². The standard InChI is InChI=1S/C13H20N2O2/c1-5-8-15-10(7-3)12(16)14-11(13(15)17)9(4)6-2/h1,9-11H,6-8H2,2-4H3,(H,14,16). The lowest BCUT2D eigenvalue weighted by Gasteiger charge is -2.39. The minimum Gasteiger partial charge on any atom is -0.342 e. The van der Waals surface area contributed by atoms with Crippen molar-refractivity contribution in [1.82, 2.24) is 10.2 Å². The third-order valence-electron chi connectivity index (χ3n) is 3.39. The molecule has 0 aliphatic carbocycles. The molecule has 0 saturated carbocycles. The van der Waals surface area contributed by atoms with E-state index in [4.69, 9.17) is 6.42 Å². The molecule has 0 bridgehead atoms. The second-order valence-electron chi connectivity index (χ2n) is 4.47. The Morgan fingerprint density at radius 3 is 2.59 bits per heavy atom. The van der Waals surface area contributed by atoms with Gasteiger partial charge in [-0.15, -0.1) is 6.42 Å². The Morgan fingerprint density at radius 1 is 1.47 bits per heavy atom. The SMILES string of the molecule is C#CCN1C(=O)C(C(C)CC)NC(=O)C1CC. The molecule has 0 aromatic rings. The molecule has 1 heterocycles. The Kier molecular flexibility index (Phi) is 4.56. The van der Waals surface area contributed by atoms with Crippen LogP contribution in [0.2, 0.25) is 0 Å². The van der Waals surface area contributed by atoms with Crippen LogP contribution < -0.4 is 5.32 Å². The number of hydrogen-bond donors (Lipinski definition) is 1. The van der Waals surface area contributed by atoms with E-state index in [0.29, 0.717) is 6.42 Å². The Balaban J connectivity index is 2.94. The molecule has 1 saturated heterocycles. The van der Waals surface area contributed by atoms with Crippen molar-refractivity contribution in [3.05, 3.63) is 0 Å². The Labute approximate surface area is 103 Å². The number of rotatable bonds is 4. The summed E-state index contributed by atoms with van der Waals surface area (Å²) in [4.78, 5) is 25.7. The van der Waals surface area contributed by atoms with Gasteiger partial charge in [0, 0.05) is 0 Å². The number of carbonyl (C=O) groups is 2. The van der Waals surface area contributed by atoms with Crippen molar-refractivity contribution in [1.29, 1.82) is 0 Å². The molecule has 3 atom stereocenters. The van der Waals surface area contributed by atoms with E-state index in [2.05, 4.69) is 11.2 Å². The van der Waals surface area contributed by atoms with Gasteiger partial charge in [0.25, 0.3) is 0 Å². The van der Waals surface area contributed by atoms with Crippen LogP contribution in [0.15, 0.2) is 0 Å². The first-order chi connectivity index (χ1) is 8.06. The van der Waals surface area contributed by atoms with E-state index < -0.39 is 12.1 Å². The minimum absolute atomic E-state index is 0.0521. The van der Waals surface area contributed by atoms with Crippen molar-refractivity contribution in [3.8, 4) is 12.3 Å². The van der Waals surface area contributed by atoms with E-state index in [-0.39, 0.29) is 24.3 Å². The Hall–Kier alpha value is -1.50. The fourth-order valence-corrected chi connectivity index (χ4v) is 2.10. The van der Waals surface area contributed by atoms with Crippen molar-refractivity contribution in [3.63, 3.8) is 0 Å². The van der Waals surface area contributed by atoms with Gasteiger partial charge < -0.3 is 10.2 Å². The lowest BCUT2D eigenvalue weighted by molar-refractivity contribution is -0.150. The van der Waals surface area contributed by atoms with Gasteiger partial charge in [0.2, 0.25) is 11.8 Å². The van der Waals surface area contributed by atoms with Crippen LogP contribution in [0.3, 0.4) is 0 Å². The molecule has 0 aromatic heterocycles. The van der Waals surface area contributed by atoms with Crippen LogP contribution in [0, 0.1) is 18.3 Å². The molecule has 1 rings (SSSR count). The number of amides is 2. The molecule has 1 aliphatic rings. The number of terminal acetylenes is 1. The fourth-order valence-electron chi connectivity index (χ4n) is 2.10. The van der Waals surface area contributed by atoms with Crippen LogP contribution in [0.1, 0.15) is 33.6 Å². The highest BCUT2D eigenvalue weighted by Crippen LogP contribution is 2.18. The first kappa shape index (κ1) is 13.6. The topological polar surface area (TPSA) is 49.4 Å². The lowest BCUT2D eigenvalue weighted by atomic mass is 9.93. The molecule has 3 unspecified atom stereocenters. The van der Waals surface area contributed by atoms with Crippen molar-refractivity contribution in [2.75, 3.05) is 6.54 Å². The van der Waals surface area contributed by atoms with Crippen LogP contribution in [0.25, 0.3) is 0 Å². The van der Waals surface area contributed by atoms with Crippen LogP contribution in [0.4, 0.5) is 0 Å². The first-order valence-electron chi connectivity index (χ1n) is 6.11. The minimum atomic E-state index is -0.427. The van der Waals surface area contributed by atoms with Crippen LogP contribution >= 0.6 is 0 Å². The zero-order valence-electron chi connectivity index (χ0n) is 10.7. The third kappa shape index (κ3) is 2.60. The number of piperazine rings is 1. The molecule has 0 aromatic carbocycles. The van der Waals surface area contributed by atoms with E-state index in [9.17, 15) is 9.59 Å². The monoisotopic (exact) mass is 236 g/mol. The maximum Gasteiger partial charge on any atom is 0.246 e. The maximum atomic E-state index is 12.2. The van der Waals surface area contributed by atoms with E-state index in [0.717, 1.165) is 6.42 Å². The molecule has 0 radical (unpaired) electrons. The maximum absolute atomic E-state index is 12.2. The van der Waals surface area contributed by atoms with Gasteiger partial charge in [-0.1, -0.05) is 33.1 Å². The molecular weight excluding hydrogens is 216 g/mol. The molecule has 2 amide bonds. The third-order valence-corrected chi connectivity index (χ3v) is 3.39. The normalized spacial score (nSPS) is 26.4. The van der Waals surface area contributed by atoms with Crippen molar-refractivity contribution < 1.29 is 9.59 Å². The van der Waals surface area contributed by atoms with Crippen molar-refractivity contribution in [2.45, 2.75) is 45.7 Å². The number of nitrogens with zero attached hydrogens (tertiary/aromatic N) is 1. The zero-order valence-corrected chi connectivity index (χ0v) is 10.7. The zero-order chi connectivity index (χ0) is 13.0. The lowest BCUT2D eigenvalue weighted by Crippen LogP contribution is -2.64. The van der Waals surface area contributed by atoms with Crippen LogP contribution in [0.5, 0.6) is 0 Å². The summed E-state index contributed by atoms with van der Waals surface area (Å²) >= 11 is 0. The summed E-state index contributed by atoms with van der Waals surface area (Å²) in [5.41, 5.74) is 0. The van der Waals surface area contributed by atoms with Crippen LogP contribution in [-0.2, 0) is 9.59 Å². The second-order valence-corrected chi connectivity index (χ2v) is 4.47. The number of carbonyl (C=O) groups excluding carboxylic acids is 2. The van der Waals surface area contributed by atoms with Gasteiger partial charge in [-0.2, -0.15) is 0 Å². The Morgan fingerprint density at radius 2 is 2.12 bits per heavy atom. The van der Waals surface area contributed by atoms with E-state index in [1.807, 2.05) is 20.8 Å². The summed E-state index contributed by atoms with van der Waals surface area (Å²) in [6.45, 7) is 6.05. The van der Waals surface area contributed by atoms with Crippen molar-refractivity contribution >= 4 is 11.8 Å². The van der Waals surface area contributed by atoms with Gasteiger partial charge in [0.1, 0.15) is 12.1 Å². The van der Waals surface area contributed by atoms with Gasteiger partial charge in [-0.05, 0) is 12.3 Å². The highest BCUT2D eigenvalue weighted by molar-refractivity contribution is 5.97. The average molecular weight is 236 g/mol. The molecule has 94 valence electrons. The molecular formula is C13H20N2O2. The molecule has 1 aliphatic heterocycles. The average Bonchev–Trinajstić information content (AvgIpc) is 2.33. The second kappa shape index (κ2) is 5.72. The summed E-state index contributed by atoms with van der Waals surface area (Å²) in [6.07, 6.45) is 6.70. The van der Waals surface area contributed by atoms with E-state index in [1.165, 1.54) is 4.90 Å². The summed E-state index contributed by atoms with van der Waals surface area (Å²) in [7, 11) is 0. The van der Waals surface area contributed by atoms with E-state index in [1.54, 1.807) is 0 Å². The molecule has 4 nitrogen and oxygen atoms in total. The predicted molar refractivity (Wildman–Crippen MR) is 66.0 cm³/mol. The van der Waals surface area contributed by atoms with Gasteiger partial charge in [-0.25, -0.2) is 0 Å². The number of nitrogens with one attached hydrogen (secondary N) is 1.